The van der Waals surface area contributed by atoms with Crippen molar-refractivity contribution in [2.75, 3.05) is 13.2 Å². The first-order valence-electron chi connectivity index (χ1n) is 8.94. The maximum atomic E-state index is 13.1. The summed E-state index contributed by atoms with van der Waals surface area (Å²) in [5.74, 6) is -1.33. The van der Waals surface area contributed by atoms with Crippen LogP contribution in [0.15, 0.2) is 29.2 Å². The maximum absolute atomic E-state index is 13.1. The van der Waals surface area contributed by atoms with Gasteiger partial charge in [0.25, 0.3) is 0 Å². The van der Waals surface area contributed by atoms with Crippen molar-refractivity contribution in [1.82, 2.24) is 0 Å². The summed E-state index contributed by atoms with van der Waals surface area (Å²) >= 11 is 0. The Kier molecular flexibility index (Phi) is 4.95. The molecular formula is C18H25BO7S. The quantitative estimate of drug-likeness (QED) is 0.768. The van der Waals surface area contributed by atoms with Crippen LogP contribution in [0.5, 0.6) is 0 Å². The van der Waals surface area contributed by atoms with Crippen LogP contribution in [0, 0.1) is 0 Å². The highest BCUT2D eigenvalue weighted by atomic mass is 32.2. The van der Waals surface area contributed by atoms with Crippen LogP contribution >= 0.6 is 0 Å². The Hall–Kier alpha value is -1.42. The van der Waals surface area contributed by atoms with Gasteiger partial charge < -0.3 is 19.2 Å². The smallest absolute Gasteiger partial charge is 0.480 e. The summed E-state index contributed by atoms with van der Waals surface area (Å²) in [6, 6.07) is 6.08. The summed E-state index contributed by atoms with van der Waals surface area (Å²) in [5.41, 5.74) is -0.320. The minimum atomic E-state index is -4.07. The highest BCUT2D eigenvalue weighted by Crippen LogP contribution is 2.37. The van der Waals surface area contributed by atoms with Crippen molar-refractivity contribution in [2.45, 2.75) is 61.4 Å². The lowest BCUT2D eigenvalue weighted by Gasteiger charge is -2.32. The number of hydrogen-bond donors (Lipinski definition) is 1. The van der Waals surface area contributed by atoms with E-state index in [0.717, 1.165) is 0 Å². The molecule has 9 heteroatoms. The molecule has 1 aromatic rings. The molecule has 0 aliphatic carbocycles. The number of rotatable bonds is 4. The summed E-state index contributed by atoms with van der Waals surface area (Å²) in [5, 5.41) is 9.65. The van der Waals surface area contributed by atoms with Crippen LogP contribution in [-0.4, -0.2) is 55.8 Å². The first kappa shape index (κ1) is 20.3. The minimum Gasteiger partial charge on any atom is -0.480 e. The van der Waals surface area contributed by atoms with Crippen LogP contribution in [0.3, 0.4) is 0 Å². The molecule has 0 aromatic heterocycles. The molecular weight excluding hydrogens is 371 g/mol. The van der Waals surface area contributed by atoms with Crippen LogP contribution in [0.4, 0.5) is 0 Å². The van der Waals surface area contributed by atoms with Crippen LogP contribution in [0.2, 0.25) is 0 Å². The Balaban J connectivity index is 1.90. The third-order valence-electron chi connectivity index (χ3n) is 5.92. The van der Waals surface area contributed by atoms with E-state index in [1.807, 2.05) is 27.7 Å². The molecule has 1 aromatic carbocycles. The Morgan fingerprint density at radius 2 is 1.48 bits per heavy atom. The van der Waals surface area contributed by atoms with Gasteiger partial charge >= 0.3 is 13.1 Å². The number of carboxylic acid groups (broad SMARTS) is 1. The molecule has 7 nitrogen and oxygen atoms in total. The third-order valence-corrected chi connectivity index (χ3v) is 8.42. The average molecular weight is 396 g/mol. The predicted molar refractivity (Wildman–Crippen MR) is 99.8 cm³/mol. The van der Waals surface area contributed by atoms with Crippen LogP contribution in [-0.2, 0) is 28.7 Å². The zero-order chi connectivity index (χ0) is 20.1. The van der Waals surface area contributed by atoms with Gasteiger partial charge in [-0.15, -0.1) is 0 Å². The average Bonchev–Trinajstić information content (AvgIpc) is 2.83. The second kappa shape index (κ2) is 6.58. The lowest BCUT2D eigenvalue weighted by Crippen LogP contribution is -2.50. The van der Waals surface area contributed by atoms with Crippen molar-refractivity contribution in [3.05, 3.63) is 24.3 Å². The zero-order valence-electron chi connectivity index (χ0n) is 16.0. The molecule has 148 valence electrons. The van der Waals surface area contributed by atoms with Gasteiger partial charge in [-0.2, -0.15) is 0 Å². The summed E-state index contributed by atoms with van der Waals surface area (Å²) in [6.45, 7) is 7.97. The van der Waals surface area contributed by atoms with Gasteiger partial charge in [0.2, 0.25) is 0 Å². The molecule has 0 bridgehead atoms. The summed E-state index contributed by atoms with van der Waals surface area (Å²) in [6.07, 6.45) is -0.132. The van der Waals surface area contributed by atoms with E-state index in [-0.39, 0.29) is 31.0 Å². The molecule has 0 amide bonds. The number of sulfone groups is 1. The SMILES string of the molecule is CC1(C)OB(c2ccc(S(=O)(=O)C3(C(=O)O)CCOCC3)cc2)OC1(C)C. The zero-order valence-corrected chi connectivity index (χ0v) is 16.8. The van der Waals surface area contributed by atoms with E-state index in [9.17, 15) is 18.3 Å². The lowest BCUT2D eigenvalue weighted by atomic mass is 9.79. The van der Waals surface area contributed by atoms with Crippen molar-refractivity contribution in [1.29, 1.82) is 0 Å². The topological polar surface area (TPSA) is 99.1 Å². The van der Waals surface area contributed by atoms with Gasteiger partial charge in [0.1, 0.15) is 0 Å². The molecule has 0 unspecified atom stereocenters. The summed E-state index contributed by atoms with van der Waals surface area (Å²) in [7, 11) is -4.68. The molecule has 2 saturated heterocycles. The molecule has 2 aliphatic heterocycles. The van der Waals surface area contributed by atoms with Crippen molar-refractivity contribution in [3.8, 4) is 0 Å². The van der Waals surface area contributed by atoms with Gasteiger partial charge in [-0.25, -0.2) is 8.42 Å². The molecule has 1 N–H and O–H groups in total. The van der Waals surface area contributed by atoms with Crippen molar-refractivity contribution >= 4 is 28.4 Å². The lowest BCUT2D eigenvalue weighted by molar-refractivity contribution is -0.142. The largest absolute Gasteiger partial charge is 0.494 e. The number of benzene rings is 1. The molecule has 0 saturated carbocycles. The summed E-state index contributed by atoms with van der Waals surface area (Å²) in [4.78, 5) is 11.8. The second-order valence-electron chi connectivity index (χ2n) is 8.07. The molecule has 3 rings (SSSR count). The number of carboxylic acids is 1. The second-order valence-corrected chi connectivity index (χ2v) is 10.3. The van der Waals surface area contributed by atoms with Crippen molar-refractivity contribution in [2.24, 2.45) is 0 Å². The van der Waals surface area contributed by atoms with Gasteiger partial charge in [-0.1, -0.05) is 12.1 Å². The fourth-order valence-corrected chi connectivity index (χ4v) is 5.19. The predicted octanol–water partition coefficient (Wildman–Crippen LogP) is 1.39. The molecule has 0 spiro atoms. The van der Waals surface area contributed by atoms with Crippen molar-refractivity contribution < 1.29 is 32.4 Å². The van der Waals surface area contributed by atoms with E-state index in [2.05, 4.69) is 0 Å². The Bertz CT molecular complexity index is 808. The molecule has 27 heavy (non-hydrogen) atoms. The third kappa shape index (κ3) is 3.20. The van der Waals surface area contributed by atoms with E-state index >= 15 is 0 Å². The standard InChI is InChI=1S/C18H25BO7S/c1-16(2)17(3,4)26-19(25-16)13-5-7-14(8-6-13)27(22,23)18(15(20)21)9-11-24-12-10-18/h5-8H,9-12H2,1-4H3,(H,20,21). The molecule has 2 aliphatic rings. The van der Waals surface area contributed by atoms with Gasteiger partial charge in [-0.05, 0) is 45.3 Å². The van der Waals surface area contributed by atoms with Crippen LogP contribution < -0.4 is 5.46 Å². The first-order valence-corrected chi connectivity index (χ1v) is 10.4. The van der Waals surface area contributed by atoms with Crippen molar-refractivity contribution in [3.63, 3.8) is 0 Å². The number of ether oxygens (including phenoxy) is 1. The Labute approximate surface area is 160 Å². The van der Waals surface area contributed by atoms with Gasteiger partial charge in [0.15, 0.2) is 14.6 Å². The van der Waals surface area contributed by atoms with E-state index in [4.69, 9.17) is 14.0 Å². The Morgan fingerprint density at radius 3 is 1.93 bits per heavy atom. The first-order chi connectivity index (χ1) is 12.4. The van der Waals surface area contributed by atoms with E-state index in [0.29, 0.717) is 5.46 Å². The number of aliphatic carboxylic acids is 1. The summed E-state index contributed by atoms with van der Waals surface area (Å²) < 4.78 is 41.4. The minimum absolute atomic E-state index is 0.0212. The van der Waals surface area contributed by atoms with Gasteiger partial charge in [0, 0.05) is 26.1 Å². The van der Waals surface area contributed by atoms with E-state index in [1.54, 1.807) is 12.1 Å². The monoisotopic (exact) mass is 396 g/mol. The molecule has 0 radical (unpaired) electrons. The maximum Gasteiger partial charge on any atom is 0.494 e. The van der Waals surface area contributed by atoms with Gasteiger partial charge in [0.05, 0.1) is 16.1 Å². The van der Waals surface area contributed by atoms with E-state index < -0.39 is 38.9 Å². The highest BCUT2D eigenvalue weighted by molar-refractivity contribution is 7.93. The molecule has 0 atom stereocenters. The molecule has 2 fully saturated rings. The van der Waals surface area contributed by atoms with Crippen LogP contribution in [0.25, 0.3) is 0 Å². The fraction of sp³-hybridized carbons (Fsp3) is 0.611. The van der Waals surface area contributed by atoms with Crippen LogP contribution in [0.1, 0.15) is 40.5 Å². The highest BCUT2D eigenvalue weighted by Gasteiger charge is 2.53. The van der Waals surface area contributed by atoms with Gasteiger partial charge in [-0.3, -0.25) is 4.79 Å². The Morgan fingerprint density at radius 1 is 1.00 bits per heavy atom. The number of carbonyl (C=O) groups is 1. The normalized spacial score (nSPS) is 23.9. The van der Waals surface area contributed by atoms with E-state index in [1.165, 1.54) is 12.1 Å². The fourth-order valence-electron chi connectivity index (χ4n) is 3.31. The number of hydrogen-bond acceptors (Lipinski definition) is 6. The molecule has 2 heterocycles.